The van der Waals surface area contributed by atoms with Crippen molar-refractivity contribution in [2.24, 2.45) is 0 Å². The molecule has 1 fully saturated rings. The molecule has 0 unspecified atom stereocenters. The number of nitrogens with zero attached hydrogens (tertiary/aromatic N) is 6. The van der Waals surface area contributed by atoms with E-state index in [-0.39, 0.29) is 0 Å². The van der Waals surface area contributed by atoms with Crippen LogP contribution in [0.5, 0.6) is 0 Å². The van der Waals surface area contributed by atoms with Gasteiger partial charge in [-0.25, -0.2) is 9.97 Å². The van der Waals surface area contributed by atoms with Gasteiger partial charge in [0.15, 0.2) is 17.3 Å². The van der Waals surface area contributed by atoms with Crippen LogP contribution in [0.1, 0.15) is 24.6 Å². The van der Waals surface area contributed by atoms with Gasteiger partial charge in [-0.2, -0.15) is 4.98 Å². The third kappa shape index (κ3) is 1.90. The second kappa shape index (κ2) is 4.77. The number of benzene rings is 1. The van der Waals surface area contributed by atoms with Crippen molar-refractivity contribution in [2.45, 2.75) is 18.8 Å². The third-order valence-corrected chi connectivity index (χ3v) is 4.36. The Labute approximate surface area is 137 Å². The van der Waals surface area contributed by atoms with Gasteiger partial charge in [0.2, 0.25) is 0 Å². The van der Waals surface area contributed by atoms with Crippen molar-refractivity contribution in [3.05, 3.63) is 36.4 Å². The van der Waals surface area contributed by atoms with Gasteiger partial charge in [-0.1, -0.05) is 17.3 Å². The van der Waals surface area contributed by atoms with E-state index in [4.69, 9.17) is 9.51 Å². The van der Waals surface area contributed by atoms with Gasteiger partial charge in [0, 0.05) is 20.0 Å². The van der Waals surface area contributed by atoms with Crippen molar-refractivity contribution < 1.29 is 4.52 Å². The molecule has 0 bridgehead atoms. The zero-order valence-corrected chi connectivity index (χ0v) is 13.5. The van der Waals surface area contributed by atoms with Crippen LogP contribution in [0.3, 0.4) is 0 Å². The molecule has 0 N–H and O–H groups in total. The molecule has 1 aliphatic rings. The molecule has 0 spiro atoms. The van der Waals surface area contributed by atoms with Crippen LogP contribution in [0.25, 0.3) is 28.1 Å². The smallest absolute Gasteiger partial charge is 0.278 e. The summed E-state index contributed by atoms with van der Waals surface area (Å²) < 4.78 is 7.52. The summed E-state index contributed by atoms with van der Waals surface area (Å²) in [6.45, 7) is 0. The molecule has 1 saturated carbocycles. The Kier molecular flexibility index (Phi) is 2.68. The van der Waals surface area contributed by atoms with Gasteiger partial charge in [-0.3, -0.25) is 4.40 Å². The van der Waals surface area contributed by atoms with E-state index in [1.807, 2.05) is 47.7 Å². The maximum atomic E-state index is 5.48. The molecule has 1 aromatic carbocycles. The zero-order valence-electron chi connectivity index (χ0n) is 13.5. The summed E-state index contributed by atoms with van der Waals surface area (Å²) in [4.78, 5) is 15.9. The molecule has 5 rings (SSSR count). The van der Waals surface area contributed by atoms with Crippen LogP contribution in [-0.2, 0) is 0 Å². The fraction of sp³-hybridized carbons (Fsp3) is 0.294. The molecule has 7 heteroatoms. The monoisotopic (exact) mass is 320 g/mol. The van der Waals surface area contributed by atoms with Crippen LogP contribution in [0.2, 0.25) is 0 Å². The molecular formula is C17H16N6O. The quantitative estimate of drug-likeness (QED) is 0.578. The topological polar surface area (TPSA) is 72.4 Å². The van der Waals surface area contributed by atoms with Crippen LogP contribution in [-0.4, -0.2) is 38.6 Å². The summed E-state index contributed by atoms with van der Waals surface area (Å²) in [5.41, 5.74) is 3.47. The fourth-order valence-corrected chi connectivity index (χ4v) is 2.98. The van der Waals surface area contributed by atoms with Crippen molar-refractivity contribution in [2.75, 3.05) is 19.0 Å². The van der Waals surface area contributed by atoms with Crippen molar-refractivity contribution in [3.8, 4) is 11.6 Å². The van der Waals surface area contributed by atoms with Gasteiger partial charge in [0.05, 0.1) is 11.0 Å². The van der Waals surface area contributed by atoms with Crippen LogP contribution < -0.4 is 4.90 Å². The Morgan fingerprint density at radius 1 is 1.17 bits per heavy atom. The highest BCUT2D eigenvalue weighted by Gasteiger charge is 2.30. The Balaban J connectivity index is 1.81. The lowest BCUT2D eigenvalue weighted by molar-refractivity contribution is 0.422. The third-order valence-electron chi connectivity index (χ3n) is 4.36. The molecule has 3 aromatic heterocycles. The van der Waals surface area contributed by atoms with Crippen molar-refractivity contribution in [1.82, 2.24) is 24.5 Å². The summed E-state index contributed by atoms with van der Waals surface area (Å²) in [7, 11) is 3.94. The lowest BCUT2D eigenvalue weighted by atomic mass is 10.2. The summed E-state index contributed by atoms with van der Waals surface area (Å²) in [5.74, 6) is 2.52. The first-order valence-electron chi connectivity index (χ1n) is 7.99. The molecule has 120 valence electrons. The highest BCUT2D eigenvalue weighted by Crippen LogP contribution is 2.39. The second-order valence-electron chi connectivity index (χ2n) is 6.36. The predicted molar refractivity (Wildman–Crippen MR) is 90.1 cm³/mol. The molecule has 0 amide bonds. The minimum atomic E-state index is 0.448. The minimum absolute atomic E-state index is 0.448. The van der Waals surface area contributed by atoms with Gasteiger partial charge in [0.1, 0.15) is 11.8 Å². The maximum absolute atomic E-state index is 5.48. The van der Waals surface area contributed by atoms with E-state index in [2.05, 4.69) is 15.1 Å². The van der Waals surface area contributed by atoms with Crippen molar-refractivity contribution >= 4 is 22.4 Å². The van der Waals surface area contributed by atoms with E-state index in [0.29, 0.717) is 17.5 Å². The predicted octanol–water partition coefficient (Wildman–Crippen LogP) is 2.88. The lowest BCUT2D eigenvalue weighted by Crippen LogP contribution is -2.12. The van der Waals surface area contributed by atoms with Crippen LogP contribution in [0, 0.1) is 0 Å². The normalized spacial score (nSPS) is 14.6. The van der Waals surface area contributed by atoms with Gasteiger partial charge in [-0.15, -0.1) is 0 Å². The molecular weight excluding hydrogens is 304 g/mol. The van der Waals surface area contributed by atoms with Gasteiger partial charge >= 0.3 is 0 Å². The summed E-state index contributed by atoms with van der Waals surface area (Å²) >= 11 is 0. The summed E-state index contributed by atoms with van der Waals surface area (Å²) in [6.07, 6.45) is 4.07. The number of imidazole rings is 1. The van der Waals surface area contributed by atoms with E-state index < -0.39 is 0 Å². The zero-order chi connectivity index (χ0) is 16.3. The first-order chi connectivity index (χ1) is 11.7. The average Bonchev–Trinajstić information content (AvgIpc) is 3.16. The molecule has 24 heavy (non-hydrogen) atoms. The van der Waals surface area contributed by atoms with Crippen LogP contribution >= 0.6 is 0 Å². The number of rotatable bonds is 3. The minimum Gasteiger partial charge on any atom is -0.361 e. The molecule has 0 saturated heterocycles. The highest BCUT2D eigenvalue weighted by molar-refractivity contribution is 5.91. The van der Waals surface area contributed by atoms with Crippen LogP contribution in [0.4, 0.5) is 5.82 Å². The number of anilines is 1. The van der Waals surface area contributed by atoms with E-state index >= 15 is 0 Å². The Hall–Kier alpha value is -2.96. The molecule has 0 radical (unpaired) electrons. The summed E-state index contributed by atoms with van der Waals surface area (Å²) in [5, 5.41) is 4.11. The number of para-hydroxylation sites is 2. The largest absolute Gasteiger partial charge is 0.361 e. The maximum Gasteiger partial charge on any atom is 0.278 e. The van der Waals surface area contributed by atoms with Gasteiger partial charge in [-0.05, 0) is 25.0 Å². The number of hydrogen-bond donors (Lipinski definition) is 0. The SMILES string of the molecule is CN(C)c1nc2ccccc2n2cnc(-c3nc(C4CC4)no3)c12. The summed E-state index contributed by atoms with van der Waals surface area (Å²) in [6, 6.07) is 8.01. The van der Waals surface area contributed by atoms with Gasteiger partial charge < -0.3 is 9.42 Å². The standard InChI is InChI=1S/C17H16N6O/c1-22(2)16-14-13(17-20-15(21-24-17)10-7-8-10)18-9-23(14)12-6-4-3-5-11(12)19-16/h3-6,9-10H,7-8H2,1-2H3. The molecule has 0 atom stereocenters. The molecule has 1 aliphatic carbocycles. The first kappa shape index (κ1) is 13.5. The molecule has 0 aliphatic heterocycles. The van der Waals surface area contributed by atoms with E-state index in [1.165, 1.54) is 0 Å². The first-order valence-corrected chi connectivity index (χ1v) is 7.99. The van der Waals surface area contributed by atoms with E-state index in [0.717, 1.165) is 41.0 Å². The molecule has 7 nitrogen and oxygen atoms in total. The molecule has 4 aromatic rings. The Morgan fingerprint density at radius 3 is 2.79 bits per heavy atom. The number of hydrogen-bond acceptors (Lipinski definition) is 6. The molecule has 3 heterocycles. The average molecular weight is 320 g/mol. The van der Waals surface area contributed by atoms with Crippen molar-refractivity contribution in [1.29, 1.82) is 0 Å². The number of aromatic nitrogens is 5. The highest BCUT2D eigenvalue weighted by atomic mass is 16.5. The Bertz CT molecular complexity index is 1060. The van der Waals surface area contributed by atoms with E-state index in [9.17, 15) is 0 Å². The van der Waals surface area contributed by atoms with Crippen LogP contribution in [0.15, 0.2) is 35.1 Å². The fourth-order valence-electron chi connectivity index (χ4n) is 2.98. The lowest BCUT2D eigenvalue weighted by Gasteiger charge is -2.15. The van der Waals surface area contributed by atoms with Gasteiger partial charge in [0.25, 0.3) is 5.89 Å². The van der Waals surface area contributed by atoms with Crippen molar-refractivity contribution in [3.63, 3.8) is 0 Å². The second-order valence-corrected chi connectivity index (χ2v) is 6.36. The Morgan fingerprint density at radius 2 is 2.00 bits per heavy atom. The van der Waals surface area contributed by atoms with E-state index in [1.54, 1.807) is 6.33 Å². The number of fused-ring (bicyclic) bond motifs is 3.